The van der Waals surface area contributed by atoms with Crippen LogP contribution in [0.5, 0.6) is 0 Å². The Balaban J connectivity index is 1.40. The number of sulfonamides is 1. The molecule has 0 aromatic heterocycles. The second kappa shape index (κ2) is 14.1. The molecule has 6 rings (SSSR count). The lowest BCUT2D eigenvalue weighted by Crippen LogP contribution is -2.38. The molecule has 0 unspecified atom stereocenters. The minimum absolute atomic E-state index is 0.00687. The molecule has 2 atom stereocenters. The molecule has 0 bridgehead atoms. The van der Waals surface area contributed by atoms with E-state index in [1.54, 1.807) is 11.8 Å². The van der Waals surface area contributed by atoms with Crippen LogP contribution in [0, 0.1) is 0 Å². The molecular formula is C38H36N2O5S2. The largest absolute Gasteiger partial charge is 0.478 e. The van der Waals surface area contributed by atoms with Gasteiger partial charge in [-0.25, -0.2) is 13.2 Å². The third-order valence-corrected chi connectivity index (χ3v) is 12.1. The number of ether oxygens (including phenoxy) is 1. The maximum atomic E-state index is 14.3. The second-order valence-corrected chi connectivity index (χ2v) is 14.9. The summed E-state index contributed by atoms with van der Waals surface area (Å²) in [6, 6.07) is 44.1. The number of aromatic carboxylic acids is 1. The van der Waals surface area contributed by atoms with Gasteiger partial charge in [-0.2, -0.15) is 4.31 Å². The quantitative estimate of drug-likeness (QED) is 0.109. The zero-order chi connectivity index (χ0) is 32.9. The van der Waals surface area contributed by atoms with Crippen LogP contribution in [-0.2, 0) is 26.1 Å². The number of carbonyl (C=O) groups is 1. The van der Waals surface area contributed by atoms with Gasteiger partial charge in [0.25, 0.3) is 0 Å². The van der Waals surface area contributed by atoms with Gasteiger partial charge in [0.2, 0.25) is 10.0 Å². The van der Waals surface area contributed by atoms with Crippen LogP contribution in [0.3, 0.4) is 0 Å². The van der Waals surface area contributed by atoms with E-state index < -0.39 is 26.8 Å². The normalized spacial score (nSPS) is 17.0. The van der Waals surface area contributed by atoms with Gasteiger partial charge in [-0.1, -0.05) is 121 Å². The number of hydrogen-bond donors (Lipinski definition) is 2. The fourth-order valence-corrected chi connectivity index (χ4v) is 9.91. The van der Waals surface area contributed by atoms with Crippen molar-refractivity contribution in [2.75, 3.05) is 18.9 Å². The van der Waals surface area contributed by atoms with E-state index in [9.17, 15) is 18.3 Å². The Morgan fingerprint density at radius 2 is 1.32 bits per heavy atom. The van der Waals surface area contributed by atoms with Crippen LogP contribution in [0.4, 0.5) is 5.69 Å². The van der Waals surface area contributed by atoms with E-state index in [1.165, 1.54) is 16.4 Å². The van der Waals surface area contributed by atoms with Crippen LogP contribution in [0.15, 0.2) is 144 Å². The van der Waals surface area contributed by atoms with Crippen molar-refractivity contribution in [2.24, 2.45) is 0 Å². The lowest BCUT2D eigenvalue weighted by Gasteiger charge is -2.37. The molecule has 7 nitrogen and oxygen atoms in total. The third-order valence-electron chi connectivity index (χ3n) is 8.49. The number of rotatable bonds is 12. The number of hydrogen-bond acceptors (Lipinski definition) is 6. The topological polar surface area (TPSA) is 110 Å². The Bertz CT molecular complexity index is 1810. The van der Waals surface area contributed by atoms with Crippen LogP contribution in [0.2, 0.25) is 0 Å². The van der Waals surface area contributed by atoms with Crippen molar-refractivity contribution in [3.05, 3.63) is 167 Å². The predicted octanol–water partition coefficient (Wildman–Crippen LogP) is 7.04. The highest BCUT2D eigenvalue weighted by molar-refractivity contribution is 8.01. The number of anilines is 1. The molecule has 1 saturated heterocycles. The van der Waals surface area contributed by atoms with E-state index in [0.717, 1.165) is 28.3 Å². The highest BCUT2D eigenvalue weighted by atomic mass is 32.2. The lowest BCUT2D eigenvalue weighted by molar-refractivity contribution is 0.0697. The minimum Gasteiger partial charge on any atom is -0.478 e. The van der Waals surface area contributed by atoms with Gasteiger partial charge < -0.3 is 15.6 Å². The van der Waals surface area contributed by atoms with Crippen LogP contribution < -0.4 is 5.73 Å². The maximum Gasteiger partial charge on any atom is 0.337 e. The summed E-state index contributed by atoms with van der Waals surface area (Å²) in [7, 11) is -4.12. The number of nitrogens with zero attached hydrogens (tertiary/aromatic N) is 1. The molecule has 0 aliphatic carbocycles. The van der Waals surface area contributed by atoms with Crippen molar-refractivity contribution in [3.63, 3.8) is 0 Å². The number of thioether (sulfide) groups is 1. The highest BCUT2D eigenvalue weighted by Crippen LogP contribution is 2.52. The molecule has 1 aliphatic heterocycles. The summed E-state index contributed by atoms with van der Waals surface area (Å²) in [4.78, 5) is 11.8. The van der Waals surface area contributed by atoms with E-state index in [-0.39, 0.29) is 34.5 Å². The third kappa shape index (κ3) is 6.84. The molecule has 0 amide bonds. The van der Waals surface area contributed by atoms with Crippen molar-refractivity contribution >= 4 is 33.4 Å². The lowest BCUT2D eigenvalue weighted by atomic mass is 9.84. The fourth-order valence-electron chi connectivity index (χ4n) is 6.25. The van der Waals surface area contributed by atoms with Crippen molar-refractivity contribution in [1.82, 2.24) is 4.31 Å². The second-order valence-electron chi connectivity index (χ2n) is 11.5. The monoisotopic (exact) mass is 664 g/mol. The van der Waals surface area contributed by atoms with Crippen LogP contribution in [0.25, 0.3) is 0 Å². The van der Waals surface area contributed by atoms with Gasteiger partial charge >= 0.3 is 5.97 Å². The van der Waals surface area contributed by atoms with Gasteiger partial charge in [-0.3, -0.25) is 0 Å². The zero-order valence-electron chi connectivity index (χ0n) is 25.7. The molecule has 0 radical (unpaired) electrons. The predicted molar refractivity (Wildman–Crippen MR) is 187 cm³/mol. The molecule has 1 heterocycles. The van der Waals surface area contributed by atoms with E-state index in [0.29, 0.717) is 13.0 Å². The van der Waals surface area contributed by atoms with E-state index in [4.69, 9.17) is 10.5 Å². The summed E-state index contributed by atoms with van der Waals surface area (Å²) in [6.07, 6.45) is 0.535. The average Bonchev–Trinajstić information content (AvgIpc) is 3.52. The molecule has 3 N–H and O–H groups in total. The first-order valence-corrected chi connectivity index (χ1v) is 17.7. The molecule has 0 saturated carbocycles. The van der Waals surface area contributed by atoms with Crippen LogP contribution >= 0.6 is 11.8 Å². The molecule has 9 heteroatoms. The standard InChI is InChI=1S/C38H36N2O5S2/c39-36-22-21-34(24-35(36)37(41)42)47(43,44)40-25-33(23-32(40)27-45-26-28-13-5-1-6-14-28)46-38(29-15-7-2-8-16-29,30-17-9-3-10-18-30)31-19-11-4-12-20-31/h1-22,24,32-33H,23,25-27,39H2,(H,41,42)/t32-,33+/m0/s1. The van der Waals surface area contributed by atoms with Gasteiger partial charge in [-0.05, 0) is 46.9 Å². The van der Waals surface area contributed by atoms with Crippen molar-refractivity contribution < 1.29 is 23.1 Å². The van der Waals surface area contributed by atoms with Crippen LogP contribution in [0.1, 0.15) is 39.0 Å². The summed E-state index contributed by atoms with van der Waals surface area (Å²) in [5.41, 5.74) is 9.90. The highest BCUT2D eigenvalue weighted by Gasteiger charge is 2.46. The summed E-state index contributed by atoms with van der Waals surface area (Å²) in [6.45, 7) is 0.740. The van der Waals surface area contributed by atoms with E-state index in [1.807, 2.05) is 84.9 Å². The first-order chi connectivity index (χ1) is 22.8. The van der Waals surface area contributed by atoms with Gasteiger partial charge in [-0.15, -0.1) is 11.8 Å². The smallest absolute Gasteiger partial charge is 0.337 e. The Hall–Kier alpha value is -4.41. The van der Waals surface area contributed by atoms with Crippen molar-refractivity contribution in [3.8, 4) is 0 Å². The number of carboxylic acids is 1. The Kier molecular flexibility index (Phi) is 9.79. The Morgan fingerprint density at radius 3 is 1.83 bits per heavy atom. The van der Waals surface area contributed by atoms with Crippen molar-refractivity contribution in [2.45, 2.75) is 34.0 Å². The maximum absolute atomic E-state index is 14.3. The number of nitrogens with two attached hydrogens (primary N) is 1. The summed E-state index contributed by atoms with van der Waals surface area (Å²) >= 11 is 1.74. The molecule has 240 valence electrons. The Labute approximate surface area is 280 Å². The molecule has 1 aliphatic rings. The van der Waals surface area contributed by atoms with E-state index >= 15 is 0 Å². The average molecular weight is 665 g/mol. The SMILES string of the molecule is Nc1ccc(S(=O)(=O)N2C[C@H](SC(c3ccccc3)(c3ccccc3)c3ccccc3)C[C@H]2COCc2ccccc2)cc1C(=O)O. The molecule has 5 aromatic carbocycles. The van der Waals surface area contributed by atoms with Crippen molar-refractivity contribution in [1.29, 1.82) is 0 Å². The number of carboxylic acid groups (broad SMARTS) is 1. The molecule has 1 fully saturated rings. The van der Waals surface area contributed by atoms with Gasteiger partial charge in [0.1, 0.15) is 0 Å². The van der Waals surface area contributed by atoms with E-state index in [2.05, 4.69) is 36.4 Å². The summed E-state index contributed by atoms with van der Waals surface area (Å²) < 4.78 is 35.6. The number of nitrogen functional groups attached to an aromatic ring is 1. The van der Waals surface area contributed by atoms with Gasteiger partial charge in [0, 0.05) is 23.5 Å². The first kappa shape index (κ1) is 32.5. The minimum atomic E-state index is -4.12. The molecular weight excluding hydrogens is 629 g/mol. The number of benzene rings is 5. The molecule has 5 aromatic rings. The summed E-state index contributed by atoms with van der Waals surface area (Å²) in [5, 5.41) is 9.54. The molecule has 0 spiro atoms. The molecule has 47 heavy (non-hydrogen) atoms. The zero-order valence-corrected chi connectivity index (χ0v) is 27.3. The van der Waals surface area contributed by atoms with Gasteiger partial charge in [0.05, 0.1) is 28.4 Å². The van der Waals surface area contributed by atoms with Crippen LogP contribution in [-0.4, -0.2) is 48.2 Å². The van der Waals surface area contributed by atoms with Gasteiger partial charge in [0.15, 0.2) is 0 Å². The summed E-state index contributed by atoms with van der Waals surface area (Å²) in [5.74, 6) is -1.28. The fraction of sp³-hybridized carbons (Fsp3) is 0.184. The Morgan fingerprint density at radius 1 is 0.809 bits per heavy atom. The first-order valence-electron chi connectivity index (χ1n) is 15.4.